The summed E-state index contributed by atoms with van der Waals surface area (Å²) < 4.78 is 0. The van der Waals surface area contributed by atoms with Gasteiger partial charge in [0.2, 0.25) is 0 Å². The molecule has 2 aliphatic carbocycles. The normalized spacial score (nSPS) is 40.2. The van der Waals surface area contributed by atoms with Gasteiger partial charge in [-0.1, -0.05) is 20.3 Å². The molecule has 2 bridgehead atoms. The first-order valence-electron chi connectivity index (χ1n) is 5.81. The lowest BCUT2D eigenvalue weighted by atomic mass is 9.83. The Morgan fingerprint density at radius 3 is 2.46 bits per heavy atom. The second-order valence-electron chi connectivity index (χ2n) is 5.48. The van der Waals surface area contributed by atoms with Crippen LogP contribution in [-0.2, 0) is 0 Å². The van der Waals surface area contributed by atoms with Crippen LogP contribution in [0.25, 0.3) is 0 Å². The molecule has 4 unspecified atom stereocenters. The van der Waals surface area contributed by atoms with Gasteiger partial charge in [-0.3, -0.25) is 0 Å². The highest BCUT2D eigenvalue weighted by atomic mass is 35.5. The Kier molecular flexibility index (Phi) is 2.88. The van der Waals surface area contributed by atoms with E-state index in [0.29, 0.717) is 5.38 Å². The zero-order chi connectivity index (χ0) is 9.42. The Bertz CT molecular complexity index is 176. The number of hydrogen-bond acceptors (Lipinski definition) is 0. The topological polar surface area (TPSA) is 0 Å². The predicted octanol–water partition coefficient (Wildman–Crippen LogP) is 4.08. The maximum atomic E-state index is 6.48. The molecule has 2 rings (SSSR count). The largest absolute Gasteiger partial charge is 0.123 e. The van der Waals surface area contributed by atoms with E-state index in [2.05, 4.69) is 13.8 Å². The average Bonchev–Trinajstić information content (AvgIpc) is 2.62. The van der Waals surface area contributed by atoms with Gasteiger partial charge in [0.1, 0.15) is 0 Å². The van der Waals surface area contributed by atoms with Crippen LogP contribution in [0.1, 0.15) is 46.0 Å². The molecule has 13 heavy (non-hydrogen) atoms. The molecule has 0 aromatic carbocycles. The van der Waals surface area contributed by atoms with E-state index in [0.717, 1.165) is 23.7 Å². The van der Waals surface area contributed by atoms with Crippen molar-refractivity contribution >= 4 is 11.6 Å². The van der Waals surface area contributed by atoms with Gasteiger partial charge in [-0.15, -0.1) is 11.6 Å². The third kappa shape index (κ3) is 2.03. The van der Waals surface area contributed by atoms with E-state index in [-0.39, 0.29) is 0 Å². The van der Waals surface area contributed by atoms with E-state index in [1.165, 1.54) is 32.1 Å². The number of hydrogen-bond donors (Lipinski definition) is 0. The third-order valence-electron chi connectivity index (χ3n) is 3.95. The highest BCUT2D eigenvalue weighted by molar-refractivity contribution is 6.20. The SMILES string of the molecule is CC(C)CC(Cl)C1CC2CCC1C2. The molecule has 0 aromatic rings. The summed E-state index contributed by atoms with van der Waals surface area (Å²) in [6, 6.07) is 0. The predicted molar refractivity (Wildman–Crippen MR) is 58.0 cm³/mol. The summed E-state index contributed by atoms with van der Waals surface area (Å²) in [5.41, 5.74) is 0. The Labute approximate surface area is 87.0 Å². The van der Waals surface area contributed by atoms with Crippen molar-refractivity contribution in [3.63, 3.8) is 0 Å². The molecule has 0 nitrogen and oxygen atoms in total. The molecule has 2 fully saturated rings. The lowest BCUT2D eigenvalue weighted by Gasteiger charge is -2.27. The van der Waals surface area contributed by atoms with E-state index in [1.54, 1.807) is 0 Å². The second-order valence-corrected chi connectivity index (χ2v) is 6.04. The van der Waals surface area contributed by atoms with Gasteiger partial charge in [-0.2, -0.15) is 0 Å². The van der Waals surface area contributed by atoms with E-state index >= 15 is 0 Å². The van der Waals surface area contributed by atoms with E-state index in [4.69, 9.17) is 11.6 Å². The highest BCUT2D eigenvalue weighted by Gasteiger charge is 2.42. The number of rotatable bonds is 3. The molecule has 0 spiro atoms. The van der Waals surface area contributed by atoms with Crippen LogP contribution < -0.4 is 0 Å². The fourth-order valence-electron chi connectivity index (χ4n) is 3.36. The second kappa shape index (κ2) is 3.81. The molecular weight excluding hydrogens is 180 g/mol. The van der Waals surface area contributed by atoms with Crippen molar-refractivity contribution in [3.05, 3.63) is 0 Å². The monoisotopic (exact) mass is 200 g/mol. The van der Waals surface area contributed by atoms with Gasteiger partial charge in [0.25, 0.3) is 0 Å². The Morgan fingerprint density at radius 2 is 2.00 bits per heavy atom. The van der Waals surface area contributed by atoms with Crippen molar-refractivity contribution in [2.75, 3.05) is 0 Å². The molecule has 2 saturated carbocycles. The summed E-state index contributed by atoms with van der Waals surface area (Å²) in [6.07, 6.45) is 7.11. The lowest BCUT2D eigenvalue weighted by molar-refractivity contribution is 0.300. The first-order chi connectivity index (χ1) is 6.16. The summed E-state index contributed by atoms with van der Waals surface area (Å²) in [7, 11) is 0. The smallest absolute Gasteiger partial charge is 0.0369 e. The minimum Gasteiger partial charge on any atom is -0.123 e. The first kappa shape index (κ1) is 9.83. The summed E-state index contributed by atoms with van der Waals surface area (Å²) >= 11 is 6.48. The molecular formula is C12H21Cl. The summed E-state index contributed by atoms with van der Waals surface area (Å²) in [5, 5.41) is 0.468. The van der Waals surface area contributed by atoms with Crippen molar-refractivity contribution in [1.29, 1.82) is 0 Å². The molecule has 0 radical (unpaired) electrons. The van der Waals surface area contributed by atoms with E-state index in [9.17, 15) is 0 Å². The molecule has 2 aliphatic rings. The van der Waals surface area contributed by atoms with Gasteiger partial charge in [0, 0.05) is 5.38 Å². The number of alkyl halides is 1. The molecule has 0 aromatic heterocycles. The van der Waals surface area contributed by atoms with Crippen LogP contribution in [0.5, 0.6) is 0 Å². The molecule has 0 N–H and O–H groups in total. The van der Waals surface area contributed by atoms with Gasteiger partial charge in [-0.05, 0) is 49.4 Å². The molecule has 0 heterocycles. The quantitative estimate of drug-likeness (QED) is 0.603. The van der Waals surface area contributed by atoms with Crippen LogP contribution in [0.15, 0.2) is 0 Å². The maximum Gasteiger partial charge on any atom is 0.0369 e. The van der Waals surface area contributed by atoms with Gasteiger partial charge < -0.3 is 0 Å². The van der Waals surface area contributed by atoms with Crippen LogP contribution in [0, 0.1) is 23.7 Å². The zero-order valence-electron chi connectivity index (χ0n) is 8.80. The molecule has 4 atom stereocenters. The number of halogens is 1. The minimum absolute atomic E-state index is 0.468. The maximum absolute atomic E-state index is 6.48. The fourth-order valence-corrected chi connectivity index (χ4v) is 4.03. The van der Waals surface area contributed by atoms with Crippen LogP contribution in [0.4, 0.5) is 0 Å². The lowest BCUT2D eigenvalue weighted by Crippen LogP contribution is -2.22. The molecule has 76 valence electrons. The van der Waals surface area contributed by atoms with Crippen LogP contribution in [0.3, 0.4) is 0 Å². The fraction of sp³-hybridized carbons (Fsp3) is 1.00. The van der Waals surface area contributed by atoms with Crippen molar-refractivity contribution < 1.29 is 0 Å². The summed E-state index contributed by atoms with van der Waals surface area (Å²) in [6.45, 7) is 4.56. The van der Waals surface area contributed by atoms with Gasteiger partial charge >= 0.3 is 0 Å². The van der Waals surface area contributed by atoms with Crippen LogP contribution >= 0.6 is 11.6 Å². The molecule has 1 heteroatoms. The zero-order valence-corrected chi connectivity index (χ0v) is 9.56. The summed E-state index contributed by atoms with van der Waals surface area (Å²) in [5.74, 6) is 3.67. The standard InChI is InChI=1S/C12H21Cl/c1-8(2)5-12(13)11-7-9-3-4-10(11)6-9/h8-12H,3-7H2,1-2H3. The van der Waals surface area contributed by atoms with Gasteiger partial charge in [0.15, 0.2) is 0 Å². The van der Waals surface area contributed by atoms with Crippen LogP contribution in [0.2, 0.25) is 0 Å². The van der Waals surface area contributed by atoms with Crippen molar-refractivity contribution in [2.45, 2.75) is 51.3 Å². The number of fused-ring (bicyclic) bond motifs is 2. The first-order valence-corrected chi connectivity index (χ1v) is 6.24. The average molecular weight is 201 g/mol. The molecule has 0 aliphatic heterocycles. The van der Waals surface area contributed by atoms with Crippen molar-refractivity contribution in [2.24, 2.45) is 23.7 Å². The highest BCUT2D eigenvalue weighted by Crippen LogP contribution is 2.51. The Morgan fingerprint density at radius 1 is 1.23 bits per heavy atom. The van der Waals surface area contributed by atoms with Crippen LogP contribution in [-0.4, -0.2) is 5.38 Å². The molecule has 0 amide bonds. The van der Waals surface area contributed by atoms with Gasteiger partial charge in [-0.25, -0.2) is 0 Å². The van der Waals surface area contributed by atoms with E-state index < -0.39 is 0 Å². The molecule has 0 saturated heterocycles. The minimum atomic E-state index is 0.468. The van der Waals surface area contributed by atoms with Crippen molar-refractivity contribution in [1.82, 2.24) is 0 Å². The van der Waals surface area contributed by atoms with E-state index in [1.807, 2.05) is 0 Å². The van der Waals surface area contributed by atoms with Crippen molar-refractivity contribution in [3.8, 4) is 0 Å². The Balaban J connectivity index is 1.87. The van der Waals surface area contributed by atoms with Gasteiger partial charge in [0.05, 0.1) is 0 Å². The summed E-state index contributed by atoms with van der Waals surface area (Å²) in [4.78, 5) is 0. The Hall–Kier alpha value is 0.290. The third-order valence-corrected chi connectivity index (χ3v) is 4.46.